The summed E-state index contributed by atoms with van der Waals surface area (Å²) in [5, 5.41) is 2.24. The number of hydrogen-bond donors (Lipinski definition) is 0. The van der Waals surface area contributed by atoms with Crippen LogP contribution < -0.4 is 0 Å². The van der Waals surface area contributed by atoms with Crippen molar-refractivity contribution in [2.75, 3.05) is 0 Å². The second-order valence-corrected chi connectivity index (χ2v) is 11.9. The van der Waals surface area contributed by atoms with Crippen LogP contribution in [-0.4, -0.2) is 9.38 Å². The summed E-state index contributed by atoms with van der Waals surface area (Å²) < 4.78 is 18.8. The number of hydrogen-bond acceptors (Lipinski definition) is 1. The Bertz CT molecular complexity index is 1670. The van der Waals surface area contributed by atoms with Gasteiger partial charge < -0.3 is 0 Å². The average Bonchev–Trinajstić information content (AvgIpc) is 3.54. The predicted octanol–water partition coefficient (Wildman–Crippen LogP) is 8.28. The molecule has 0 bridgehead atoms. The summed E-state index contributed by atoms with van der Waals surface area (Å²) in [5.74, 6) is 0.119. The number of pyridine rings is 1. The Morgan fingerprint density at radius 1 is 0.914 bits per heavy atom. The maximum absolute atomic E-state index is 16.5. The summed E-state index contributed by atoms with van der Waals surface area (Å²) in [4.78, 5) is 5.04. The van der Waals surface area contributed by atoms with Crippen LogP contribution in [0.15, 0.2) is 66.7 Å². The van der Waals surface area contributed by atoms with Crippen LogP contribution >= 0.6 is 0 Å². The molecule has 1 atom stereocenters. The molecule has 1 fully saturated rings. The number of imidazole rings is 1. The van der Waals surface area contributed by atoms with Gasteiger partial charge in [0.25, 0.3) is 0 Å². The first-order chi connectivity index (χ1) is 16.7. The third kappa shape index (κ3) is 2.47. The van der Waals surface area contributed by atoms with Crippen molar-refractivity contribution >= 4 is 27.5 Å². The fourth-order valence-corrected chi connectivity index (χ4v) is 6.81. The molecule has 0 saturated heterocycles. The quantitative estimate of drug-likeness (QED) is 0.258. The van der Waals surface area contributed by atoms with Crippen molar-refractivity contribution in [3.8, 4) is 0 Å². The van der Waals surface area contributed by atoms with Gasteiger partial charge in [-0.05, 0) is 63.8 Å². The Morgan fingerprint density at radius 2 is 1.60 bits per heavy atom. The molecule has 0 N–H and O–H groups in total. The fraction of sp³-hybridized carbons (Fsp3) is 0.344. The van der Waals surface area contributed by atoms with Gasteiger partial charge in [-0.1, -0.05) is 89.2 Å². The first-order valence-corrected chi connectivity index (χ1v) is 12.8. The second kappa shape index (κ2) is 6.51. The molecule has 1 saturated carbocycles. The van der Waals surface area contributed by atoms with Crippen LogP contribution in [0.5, 0.6) is 0 Å². The second-order valence-electron chi connectivity index (χ2n) is 11.9. The Kier molecular flexibility index (Phi) is 3.93. The SMILES string of the molecule is CC1c2cc3c(nc4c5ccccc5cc(C5(c6ccccc6)CC5)n34)c(F)c2C(C)(C)C1(C)C. The van der Waals surface area contributed by atoms with Crippen molar-refractivity contribution in [2.45, 2.75) is 64.2 Å². The number of aromatic nitrogens is 2. The van der Waals surface area contributed by atoms with E-state index in [4.69, 9.17) is 4.98 Å². The van der Waals surface area contributed by atoms with E-state index in [1.165, 1.54) is 11.3 Å². The average molecular weight is 463 g/mol. The lowest BCUT2D eigenvalue weighted by Gasteiger charge is -2.38. The largest absolute Gasteiger partial charge is 0.295 e. The van der Waals surface area contributed by atoms with E-state index in [9.17, 15) is 0 Å². The Labute approximate surface area is 205 Å². The van der Waals surface area contributed by atoms with Crippen molar-refractivity contribution in [1.29, 1.82) is 0 Å². The van der Waals surface area contributed by atoms with E-state index in [0.717, 1.165) is 45.9 Å². The van der Waals surface area contributed by atoms with Crippen molar-refractivity contribution in [3.63, 3.8) is 0 Å². The molecule has 7 rings (SSSR count). The molecule has 2 aliphatic rings. The van der Waals surface area contributed by atoms with Gasteiger partial charge in [-0.3, -0.25) is 4.40 Å². The van der Waals surface area contributed by atoms with Gasteiger partial charge in [-0.25, -0.2) is 9.37 Å². The molecule has 35 heavy (non-hydrogen) atoms. The van der Waals surface area contributed by atoms with Gasteiger partial charge in [-0.2, -0.15) is 0 Å². The Morgan fingerprint density at radius 3 is 2.31 bits per heavy atom. The van der Waals surface area contributed by atoms with E-state index < -0.39 is 0 Å². The highest BCUT2D eigenvalue weighted by molar-refractivity contribution is 5.99. The van der Waals surface area contributed by atoms with Crippen LogP contribution in [0.2, 0.25) is 0 Å². The van der Waals surface area contributed by atoms with Crippen molar-refractivity contribution in [3.05, 3.63) is 94.9 Å². The van der Waals surface area contributed by atoms with E-state index in [2.05, 4.69) is 106 Å². The van der Waals surface area contributed by atoms with Gasteiger partial charge in [0, 0.05) is 16.5 Å². The molecule has 176 valence electrons. The number of fused-ring (bicyclic) bond motifs is 6. The highest BCUT2D eigenvalue weighted by Gasteiger charge is 2.53. The molecule has 3 aromatic carbocycles. The summed E-state index contributed by atoms with van der Waals surface area (Å²) in [6.07, 6.45) is 2.18. The molecule has 2 aliphatic carbocycles. The number of nitrogens with zero attached hydrogens (tertiary/aromatic N) is 2. The topological polar surface area (TPSA) is 17.3 Å². The highest BCUT2D eigenvalue weighted by Crippen LogP contribution is 2.60. The Balaban J connectivity index is 1.65. The van der Waals surface area contributed by atoms with Gasteiger partial charge in [0.05, 0.1) is 5.52 Å². The van der Waals surface area contributed by atoms with E-state index in [0.29, 0.717) is 5.52 Å². The van der Waals surface area contributed by atoms with Gasteiger partial charge in [0.15, 0.2) is 5.82 Å². The number of rotatable bonds is 2. The first kappa shape index (κ1) is 21.1. The monoisotopic (exact) mass is 462 g/mol. The van der Waals surface area contributed by atoms with Crippen molar-refractivity contribution in [2.24, 2.45) is 5.41 Å². The zero-order valence-corrected chi connectivity index (χ0v) is 21.1. The smallest absolute Gasteiger partial charge is 0.155 e. The molecule has 0 spiro atoms. The molecule has 2 heterocycles. The van der Waals surface area contributed by atoms with Crippen molar-refractivity contribution in [1.82, 2.24) is 9.38 Å². The third-order valence-electron chi connectivity index (χ3n) is 10.0. The lowest BCUT2D eigenvalue weighted by atomic mass is 9.65. The molecule has 0 amide bonds. The molecule has 3 heteroatoms. The molecule has 2 nitrogen and oxygen atoms in total. The Hall–Kier alpha value is -3.20. The minimum atomic E-state index is -0.275. The van der Waals surface area contributed by atoms with E-state index >= 15 is 4.39 Å². The lowest BCUT2D eigenvalue weighted by molar-refractivity contribution is 0.187. The summed E-state index contributed by atoms with van der Waals surface area (Å²) in [6.45, 7) is 11.2. The summed E-state index contributed by atoms with van der Waals surface area (Å²) in [5.41, 5.74) is 6.42. The van der Waals surface area contributed by atoms with Gasteiger partial charge in [0.1, 0.15) is 11.2 Å². The minimum Gasteiger partial charge on any atom is -0.295 e. The maximum atomic E-state index is 16.5. The van der Waals surface area contributed by atoms with Gasteiger partial charge in [0.2, 0.25) is 0 Å². The maximum Gasteiger partial charge on any atom is 0.155 e. The predicted molar refractivity (Wildman–Crippen MR) is 142 cm³/mol. The lowest BCUT2D eigenvalue weighted by Crippen LogP contribution is -2.34. The molecular formula is C32H31FN2. The van der Waals surface area contributed by atoms with Gasteiger partial charge >= 0.3 is 0 Å². The molecule has 0 radical (unpaired) electrons. The standard InChI is InChI=1S/C32H31FN2/c1-19-23-18-24-28(27(33)26(23)31(4,5)30(19,2)3)34-29-22-14-10-9-11-20(22)17-25(35(24)29)32(15-16-32)21-12-7-6-8-13-21/h6-14,17-19H,15-16H2,1-5H3. The zero-order chi connectivity index (χ0) is 24.3. The number of benzene rings is 3. The fourth-order valence-electron chi connectivity index (χ4n) is 6.81. The van der Waals surface area contributed by atoms with Crippen LogP contribution in [0.25, 0.3) is 27.5 Å². The highest BCUT2D eigenvalue weighted by atomic mass is 19.1. The normalized spacial score (nSPS) is 21.6. The van der Waals surface area contributed by atoms with Crippen LogP contribution in [0.4, 0.5) is 4.39 Å². The molecule has 2 aromatic heterocycles. The van der Waals surface area contributed by atoms with Crippen LogP contribution in [0.3, 0.4) is 0 Å². The van der Waals surface area contributed by atoms with E-state index in [-0.39, 0.29) is 28.0 Å². The van der Waals surface area contributed by atoms with Crippen LogP contribution in [0, 0.1) is 11.2 Å². The molecular weight excluding hydrogens is 431 g/mol. The van der Waals surface area contributed by atoms with Crippen LogP contribution in [-0.2, 0) is 10.8 Å². The first-order valence-electron chi connectivity index (χ1n) is 12.8. The van der Waals surface area contributed by atoms with E-state index in [1.54, 1.807) is 0 Å². The molecule has 0 aliphatic heterocycles. The summed E-state index contributed by atoms with van der Waals surface area (Å²) in [6, 6.07) is 23.8. The van der Waals surface area contributed by atoms with E-state index in [1.807, 2.05) is 0 Å². The summed E-state index contributed by atoms with van der Waals surface area (Å²) >= 11 is 0. The summed E-state index contributed by atoms with van der Waals surface area (Å²) in [7, 11) is 0. The minimum absolute atomic E-state index is 0.0489. The molecule has 1 unspecified atom stereocenters. The zero-order valence-electron chi connectivity index (χ0n) is 21.1. The van der Waals surface area contributed by atoms with Crippen molar-refractivity contribution < 1.29 is 4.39 Å². The van der Waals surface area contributed by atoms with Gasteiger partial charge in [-0.15, -0.1) is 0 Å². The molecule has 5 aromatic rings. The van der Waals surface area contributed by atoms with Crippen LogP contribution in [0.1, 0.15) is 75.8 Å². The number of halogens is 1. The third-order valence-corrected chi connectivity index (χ3v) is 10.0.